The molecule has 1 aromatic heterocycles. The van der Waals surface area contributed by atoms with Crippen LogP contribution in [0.5, 0.6) is 0 Å². The fraction of sp³-hybridized carbons (Fsp3) is 0.333. The summed E-state index contributed by atoms with van der Waals surface area (Å²) in [6.07, 6.45) is 4.74. The van der Waals surface area contributed by atoms with Crippen molar-refractivity contribution in [3.63, 3.8) is 0 Å². The van der Waals surface area contributed by atoms with E-state index in [4.69, 9.17) is 5.73 Å². The summed E-state index contributed by atoms with van der Waals surface area (Å²) in [5.74, 6) is 0. The summed E-state index contributed by atoms with van der Waals surface area (Å²) in [6, 6.07) is 11.2. The van der Waals surface area contributed by atoms with E-state index < -0.39 is 0 Å². The molecule has 1 nitrogen and oxygen atoms in total. The third kappa shape index (κ3) is 2.28. The second-order valence-corrected chi connectivity index (χ2v) is 5.80. The molecule has 2 heteroatoms. The van der Waals surface area contributed by atoms with E-state index in [1.807, 2.05) is 0 Å². The molecule has 1 heterocycles. The van der Waals surface area contributed by atoms with Gasteiger partial charge in [0, 0.05) is 17.3 Å². The van der Waals surface area contributed by atoms with Crippen molar-refractivity contribution in [2.75, 3.05) is 0 Å². The minimum absolute atomic E-state index is 0.138. The summed E-state index contributed by atoms with van der Waals surface area (Å²) >= 11 is 1.79. The molecule has 1 aliphatic rings. The first-order chi connectivity index (χ1) is 8.33. The zero-order chi connectivity index (χ0) is 11.7. The van der Waals surface area contributed by atoms with Gasteiger partial charge in [0.1, 0.15) is 0 Å². The normalized spacial score (nSPS) is 15.8. The van der Waals surface area contributed by atoms with Gasteiger partial charge >= 0.3 is 0 Å². The van der Waals surface area contributed by atoms with Crippen LogP contribution in [0.1, 0.15) is 34.0 Å². The van der Waals surface area contributed by atoms with Crippen molar-refractivity contribution in [3.05, 3.63) is 57.3 Å². The predicted molar refractivity (Wildman–Crippen MR) is 73.4 cm³/mol. The Morgan fingerprint density at radius 2 is 2.06 bits per heavy atom. The first-order valence-corrected chi connectivity index (χ1v) is 7.10. The highest BCUT2D eigenvalue weighted by atomic mass is 32.1. The van der Waals surface area contributed by atoms with Crippen LogP contribution in [-0.4, -0.2) is 0 Å². The SMILES string of the molecule is NC(Cc1cccs1)c1ccc2c(c1)CCC2. The maximum atomic E-state index is 6.29. The Balaban J connectivity index is 1.79. The van der Waals surface area contributed by atoms with Crippen molar-refractivity contribution >= 4 is 11.3 Å². The zero-order valence-electron chi connectivity index (χ0n) is 9.86. The highest BCUT2D eigenvalue weighted by Gasteiger charge is 2.14. The maximum absolute atomic E-state index is 6.29. The number of nitrogens with two attached hydrogens (primary N) is 1. The number of benzene rings is 1. The second kappa shape index (κ2) is 4.63. The average Bonchev–Trinajstić information content (AvgIpc) is 2.97. The van der Waals surface area contributed by atoms with Crippen LogP contribution in [-0.2, 0) is 19.3 Å². The Kier molecular flexibility index (Phi) is 3.00. The molecule has 1 atom stereocenters. The number of thiophene rings is 1. The van der Waals surface area contributed by atoms with Crippen molar-refractivity contribution < 1.29 is 0 Å². The van der Waals surface area contributed by atoms with Gasteiger partial charge in [0.25, 0.3) is 0 Å². The van der Waals surface area contributed by atoms with E-state index in [2.05, 4.69) is 35.7 Å². The van der Waals surface area contributed by atoms with E-state index in [-0.39, 0.29) is 6.04 Å². The molecule has 0 aliphatic heterocycles. The molecule has 0 amide bonds. The molecule has 1 aromatic carbocycles. The Bertz CT molecular complexity index is 502. The molecule has 0 bridgehead atoms. The molecule has 1 aliphatic carbocycles. The molecule has 0 saturated carbocycles. The number of hydrogen-bond donors (Lipinski definition) is 1. The molecule has 0 spiro atoms. The van der Waals surface area contributed by atoms with E-state index >= 15 is 0 Å². The Labute approximate surface area is 106 Å². The van der Waals surface area contributed by atoms with Crippen LogP contribution in [0.15, 0.2) is 35.7 Å². The number of fused-ring (bicyclic) bond motifs is 1. The van der Waals surface area contributed by atoms with Gasteiger partial charge in [-0.05, 0) is 47.4 Å². The number of hydrogen-bond acceptors (Lipinski definition) is 2. The van der Waals surface area contributed by atoms with Crippen LogP contribution in [0.2, 0.25) is 0 Å². The lowest BCUT2D eigenvalue weighted by molar-refractivity contribution is 0.729. The van der Waals surface area contributed by atoms with Crippen LogP contribution in [0, 0.1) is 0 Å². The monoisotopic (exact) mass is 243 g/mol. The largest absolute Gasteiger partial charge is 0.324 e. The van der Waals surface area contributed by atoms with Gasteiger partial charge in [-0.3, -0.25) is 0 Å². The molecule has 3 rings (SSSR count). The van der Waals surface area contributed by atoms with Crippen LogP contribution in [0.25, 0.3) is 0 Å². The first-order valence-electron chi connectivity index (χ1n) is 6.22. The van der Waals surface area contributed by atoms with Gasteiger partial charge in [-0.25, -0.2) is 0 Å². The van der Waals surface area contributed by atoms with Crippen LogP contribution in [0.4, 0.5) is 0 Å². The molecule has 0 radical (unpaired) electrons. The van der Waals surface area contributed by atoms with E-state index in [0.29, 0.717) is 0 Å². The van der Waals surface area contributed by atoms with Gasteiger partial charge in [0.15, 0.2) is 0 Å². The summed E-state index contributed by atoms with van der Waals surface area (Å²) in [5, 5.41) is 2.12. The molecular weight excluding hydrogens is 226 g/mol. The smallest absolute Gasteiger partial charge is 0.0343 e. The van der Waals surface area contributed by atoms with Gasteiger partial charge in [-0.1, -0.05) is 24.3 Å². The third-order valence-corrected chi connectivity index (χ3v) is 4.45. The van der Waals surface area contributed by atoms with Crippen molar-refractivity contribution in [2.45, 2.75) is 31.7 Å². The molecule has 17 heavy (non-hydrogen) atoms. The summed E-state index contributed by atoms with van der Waals surface area (Å²) in [7, 11) is 0. The van der Waals surface area contributed by atoms with Crippen molar-refractivity contribution in [1.82, 2.24) is 0 Å². The zero-order valence-corrected chi connectivity index (χ0v) is 10.7. The first kappa shape index (κ1) is 11.0. The van der Waals surface area contributed by atoms with E-state index in [9.17, 15) is 0 Å². The standard InChI is InChI=1S/C15H17NS/c16-15(10-14-5-2-8-17-14)13-7-6-11-3-1-4-12(11)9-13/h2,5-9,15H,1,3-4,10,16H2. The van der Waals surface area contributed by atoms with E-state index in [1.54, 1.807) is 11.3 Å². The van der Waals surface area contributed by atoms with Gasteiger partial charge < -0.3 is 5.73 Å². The Morgan fingerprint density at radius 3 is 2.88 bits per heavy atom. The van der Waals surface area contributed by atoms with Crippen LogP contribution < -0.4 is 5.73 Å². The number of rotatable bonds is 3. The lowest BCUT2D eigenvalue weighted by Gasteiger charge is -2.12. The molecule has 88 valence electrons. The molecule has 0 fully saturated rings. The van der Waals surface area contributed by atoms with E-state index in [1.165, 1.54) is 40.8 Å². The molecular formula is C15H17NS. The summed E-state index contributed by atoms with van der Waals surface area (Å²) < 4.78 is 0. The quantitative estimate of drug-likeness (QED) is 0.877. The van der Waals surface area contributed by atoms with E-state index in [0.717, 1.165) is 6.42 Å². The van der Waals surface area contributed by atoms with Crippen molar-refractivity contribution in [2.24, 2.45) is 5.73 Å². The Morgan fingerprint density at radius 1 is 1.18 bits per heavy atom. The van der Waals surface area contributed by atoms with Gasteiger partial charge in [-0.15, -0.1) is 11.3 Å². The average molecular weight is 243 g/mol. The minimum Gasteiger partial charge on any atom is -0.324 e. The van der Waals surface area contributed by atoms with Gasteiger partial charge in [0.2, 0.25) is 0 Å². The fourth-order valence-corrected chi connectivity index (χ4v) is 3.35. The highest BCUT2D eigenvalue weighted by molar-refractivity contribution is 7.09. The van der Waals surface area contributed by atoms with Gasteiger partial charge in [-0.2, -0.15) is 0 Å². The molecule has 2 N–H and O–H groups in total. The fourth-order valence-electron chi connectivity index (χ4n) is 2.59. The lowest BCUT2D eigenvalue weighted by Crippen LogP contribution is -2.13. The predicted octanol–water partition coefficient (Wildman–Crippen LogP) is 3.48. The summed E-state index contributed by atoms with van der Waals surface area (Å²) in [5.41, 5.74) is 10.6. The molecule has 2 aromatic rings. The Hall–Kier alpha value is -1.12. The third-order valence-electron chi connectivity index (χ3n) is 3.55. The highest BCUT2D eigenvalue weighted by Crippen LogP contribution is 2.26. The summed E-state index contributed by atoms with van der Waals surface area (Å²) in [4.78, 5) is 1.37. The lowest BCUT2D eigenvalue weighted by atomic mass is 9.99. The topological polar surface area (TPSA) is 26.0 Å². The minimum atomic E-state index is 0.138. The molecule has 1 unspecified atom stereocenters. The van der Waals surface area contributed by atoms with Crippen LogP contribution >= 0.6 is 11.3 Å². The van der Waals surface area contributed by atoms with Crippen LogP contribution in [0.3, 0.4) is 0 Å². The van der Waals surface area contributed by atoms with Crippen molar-refractivity contribution in [3.8, 4) is 0 Å². The molecule has 0 saturated heterocycles. The van der Waals surface area contributed by atoms with Gasteiger partial charge in [0.05, 0.1) is 0 Å². The second-order valence-electron chi connectivity index (χ2n) is 4.77. The summed E-state index contributed by atoms with van der Waals surface area (Å²) in [6.45, 7) is 0. The van der Waals surface area contributed by atoms with Crippen molar-refractivity contribution in [1.29, 1.82) is 0 Å². The maximum Gasteiger partial charge on any atom is 0.0343 e. The number of aryl methyl sites for hydroxylation is 2.